The van der Waals surface area contributed by atoms with Crippen molar-refractivity contribution in [2.24, 2.45) is 0 Å². The molecule has 0 aliphatic carbocycles. The Morgan fingerprint density at radius 3 is 2.70 bits per heavy atom. The number of rotatable bonds is 6. The van der Waals surface area contributed by atoms with Crippen molar-refractivity contribution in [1.82, 2.24) is 15.3 Å². The van der Waals surface area contributed by atoms with Gasteiger partial charge in [-0.05, 0) is 48.5 Å². The molecular formula is C23H18N4O2S. The molecule has 1 atom stereocenters. The topological polar surface area (TPSA) is 94.7 Å². The van der Waals surface area contributed by atoms with Crippen molar-refractivity contribution in [2.75, 3.05) is 0 Å². The molecule has 0 unspecified atom stereocenters. The van der Waals surface area contributed by atoms with Gasteiger partial charge in [-0.1, -0.05) is 42.5 Å². The molecule has 7 heteroatoms. The number of hydrogen-bond donors (Lipinski definition) is 2. The predicted octanol–water partition coefficient (Wildman–Crippen LogP) is 5.09. The fourth-order valence-electron chi connectivity index (χ4n) is 2.93. The first-order chi connectivity index (χ1) is 14.6. The highest BCUT2D eigenvalue weighted by Gasteiger charge is 2.15. The van der Waals surface area contributed by atoms with Crippen LogP contribution in [0, 0.1) is 11.3 Å². The molecule has 0 radical (unpaired) electrons. The van der Waals surface area contributed by atoms with Gasteiger partial charge in [0.05, 0.1) is 17.1 Å². The van der Waals surface area contributed by atoms with E-state index in [-0.39, 0.29) is 11.6 Å². The second-order valence-electron chi connectivity index (χ2n) is 6.59. The van der Waals surface area contributed by atoms with Gasteiger partial charge in [-0.15, -0.1) is 0 Å². The van der Waals surface area contributed by atoms with Crippen molar-refractivity contribution in [3.05, 3.63) is 83.6 Å². The normalized spacial score (nSPS) is 12.5. The lowest BCUT2D eigenvalue weighted by Crippen LogP contribution is -2.27. The Bertz CT molecular complexity index is 1220. The number of imidazole rings is 1. The average Bonchev–Trinajstić information content (AvgIpc) is 3.38. The number of nitrogens with one attached hydrogen (secondary N) is 2. The molecule has 0 spiro atoms. The number of carbonyl (C=O) groups excluding carboxylic acids is 1. The number of nitriles is 1. The quantitative estimate of drug-likeness (QED) is 0.338. The highest BCUT2D eigenvalue weighted by atomic mass is 32.2. The number of amides is 1. The van der Waals surface area contributed by atoms with E-state index in [4.69, 9.17) is 4.42 Å². The van der Waals surface area contributed by atoms with Crippen LogP contribution in [0.5, 0.6) is 0 Å². The van der Waals surface area contributed by atoms with Gasteiger partial charge in [0.15, 0.2) is 10.2 Å². The second-order valence-corrected chi connectivity index (χ2v) is 7.59. The fourth-order valence-corrected chi connectivity index (χ4v) is 3.70. The van der Waals surface area contributed by atoms with Crippen molar-refractivity contribution in [3.8, 4) is 6.07 Å². The molecule has 2 N–H and O–H groups in total. The first kappa shape index (κ1) is 19.6. The summed E-state index contributed by atoms with van der Waals surface area (Å²) in [5, 5.41) is 13.6. The molecular weight excluding hydrogens is 396 g/mol. The number of furan rings is 1. The number of nitrogens with zero attached hydrogens (tertiary/aromatic N) is 2. The molecule has 0 fully saturated rings. The van der Waals surface area contributed by atoms with Crippen LogP contribution >= 0.6 is 11.8 Å². The van der Waals surface area contributed by atoms with E-state index in [0.29, 0.717) is 16.0 Å². The van der Waals surface area contributed by atoms with E-state index < -0.39 is 5.91 Å². The maximum Gasteiger partial charge on any atom is 0.262 e. The smallest absolute Gasteiger partial charge is 0.262 e. The Hall–Kier alpha value is -3.76. The van der Waals surface area contributed by atoms with E-state index >= 15 is 0 Å². The third kappa shape index (κ3) is 4.45. The van der Waals surface area contributed by atoms with Crippen LogP contribution in [0.3, 0.4) is 0 Å². The first-order valence-electron chi connectivity index (χ1n) is 9.32. The number of benzene rings is 2. The van der Waals surface area contributed by atoms with Crippen LogP contribution in [0.25, 0.3) is 17.1 Å². The minimum Gasteiger partial charge on any atom is -0.450 e. The van der Waals surface area contributed by atoms with E-state index in [1.807, 2.05) is 67.6 Å². The van der Waals surface area contributed by atoms with Gasteiger partial charge in [-0.25, -0.2) is 4.98 Å². The van der Waals surface area contributed by atoms with Crippen LogP contribution < -0.4 is 5.32 Å². The van der Waals surface area contributed by atoms with Crippen LogP contribution in [0.4, 0.5) is 0 Å². The van der Waals surface area contributed by atoms with E-state index in [2.05, 4.69) is 15.3 Å². The lowest BCUT2D eigenvalue weighted by molar-refractivity contribution is -0.117. The maximum atomic E-state index is 12.5. The summed E-state index contributed by atoms with van der Waals surface area (Å²) < 4.78 is 5.75. The molecule has 2 aromatic carbocycles. The SMILES string of the molecule is C[C@H](NC(=O)/C(C#N)=C\c1ccc(Sc2nc3ccccc3[nH]2)o1)c1ccccc1. The van der Waals surface area contributed by atoms with Gasteiger partial charge in [-0.3, -0.25) is 4.79 Å². The highest BCUT2D eigenvalue weighted by Crippen LogP contribution is 2.29. The molecule has 4 rings (SSSR count). The van der Waals surface area contributed by atoms with Gasteiger partial charge in [0.2, 0.25) is 0 Å². The summed E-state index contributed by atoms with van der Waals surface area (Å²) in [4.78, 5) is 20.2. The Labute approximate surface area is 177 Å². The summed E-state index contributed by atoms with van der Waals surface area (Å²) in [7, 11) is 0. The van der Waals surface area contributed by atoms with Crippen molar-refractivity contribution < 1.29 is 9.21 Å². The molecule has 0 saturated carbocycles. The van der Waals surface area contributed by atoms with Crippen LogP contribution in [-0.4, -0.2) is 15.9 Å². The third-order valence-corrected chi connectivity index (χ3v) is 5.27. The van der Waals surface area contributed by atoms with Crippen LogP contribution in [0.15, 0.2) is 87.0 Å². The molecule has 148 valence electrons. The lowest BCUT2D eigenvalue weighted by atomic mass is 10.1. The summed E-state index contributed by atoms with van der Waals surface area (Å²) >= 11 is 1.34. The Morgan fingerprint density at radius 2 is 1.93 bits per heavy atom. The van der Waals surface area contributed by atoms with Gasteiger partial charge >= 0.3 is 0 Å². The molecule has 2 heterocycles. The maximum absolute atomic E-state index is 12.5. The minimum absolute atomic E-state index is 0.0209. The number of fused-ring (bicyclic) bond motifs is 1. The number of para-hydroxylation sites is 2. The Morgan fingerprint density at radius 1 is 1.17 bits per heavy atom. The fraction of sp³-hybridized carbons (Fsp3) is 0.0870. The number of aromatic amines is 1. The molecule has 2 aromatic heterocycles. The molecule has 4 aromatic rings. The summed E-state index contributed by atoms with van der Waals surface area (Å²) in [5.41, 5.74) is 2.77. The standard InChI is InChI=1S/C23H18N4O2S/c1-15(16-7-3-2-4-8-16)25-22(28)17(14-24)13-18-11-12-21(29-18)30-23-26-19-9-5-6-10-20(19)27-23/h2-13,15H,1H3,(H,25,28)(H,26,27)/b17-13-/t15-/m0/s1. The molecule has 0 saturated heterocycles. The second kappa shape index (κ2) is 8.72. The van der Waals surface area contributed by atoms with E-state index in [1.54, 1.807) is 12.1 Å². The zero-order chi connectivity index (χ0) is 20.9. The van der Waals surface area contributed by atoms with Gasteiger partial charge in [0.1, 0.15) is 17.4 Å². The summed E-state index contributed by atoms with van der Waals surface area (Å²) in [6.45, 7) is 1.87. The van der Waals surface area contributed by atoms with Crippen LogP contribution in [0.2, 0.25) is 0 Å². The van der Waals surface area contributed by atoms with Crippen LogP contribution in [0.1, 0.15) is 24.3 Å². The molecule has 0 aliphatic heterocycles. The molecule has 6 nitrogen and oxygen atoms in total. The monoisotopic (exact) mass is 414 g/mol. The van der Waals surface area contributed by atoms with Gasteiger partial charge in [0.25, 0.3) is 5.91 Å². The number of aromatic nitrogens is 2. The summed E-state index contributed by atoms with van der Waals surface area (Å²) in [6.07, 6.45) is 1.44. The molecule has 0 bridgehead atoms. The molecule has 0 aliphatic rings. The lowest BCUT2D eigenvalue weighted by Gasteiger charge is -2.13. The zero-order valence-corrected chi connectivity index (χ0v) is 16.9. The van der Waals surface area contributed by atoms with E-state index in [1.165, 1.54) is 17.8 Å². The summed E-state index contributed by atoms with van der Waals surface area (Å²) in [6, 6.07) is 22.6. The predicted molar refractivity (Wildman–Crippen MR) is 116 cm³/mol. The highest BCUT2D eigenvalue weighted by molar-refractivity contribution is 7.99. The van der Waals surface area contributed by atoms with E-state index in [9.17, 15) is 10.1 Å². The Balaban J connectivity index is 1.46. The van der Waals surface area contributed by atoms with E-state index in [0.717, 1.165) is 16.6 Å². The minimum atomic E-state index is -0.447. The molecule has 30 heavy (non-hydrogen) atoms. The van der Waals surface area contributed by atoms with Crippen molar-refractivity contribution in [3.63, 3.8) is 0 Å². The van der Waals surface area contributed by atoms with Gasteiger partial charge in [0, 0.05) is 6.08 Å². The van der Waals surface area contributed by atoms with Crippen LogP contribution in [-0.2, 0) is 4.79 Å². The number of H-pyrrole nitrogens is 1. The number of carbonyl (C=O) groups is 1. The van der Waals surface area contributed by atoms with Gasteiger partial charge < -0.3 is 14.7 Å². The van der Waals surface area contributed by atoms with Crippen molar-refractivity contribution >= 4 is 34.8 Å². The zero-order valence-electron chi connectivity index (χ0n) is 16.1. The van der Waals surface area contributed by atoms with Crippen molar-refractivity contribution in [2.45, 2.75) is 23.2 Å². The van der Waals surface area contributed by atoms with Crippen molar-refractivity contribution in [1.29, 1.82) is 5.26 Å². The number of hydrogen-bond acceptors (Lipinski definition) is 5. The third-order valence-electron chi connectivity index (χ3n) is 4.47. The Kier molecular flexibility index (Phi) is 5.68. The first-order valence-corrected chi connectivity index (χ1v) is 10.1. The van der Waals surface area contributed by atoms with Gasteiger partial charge in [-0.2, -0.15) is 5.26 Å². The largest absolute Gasteiger partial charge is 0.450 e. The summed E-state index contributed by atoms with van der Waals surface area (Å²) in [5.74, 6) is -0.0237. The molecule has 1 amide bonds. The average molecular weight is 414 g/mol.